The van der Waals surface area contributed by atoms with Crippen molar-refractivity contribution in [1.29, 1.82) is 0 Å². The van der Waals surface area contributed by atoms with Crippen molar-refractivity contribution in [3.63, 3.8) is 0 Å². The van der Waals surface area contributed by atoms with Crippen LogP contribution in [0.5, 0.6) is 5.75 Å². The van der Waals surface area contributed by atoms with E-state index in [1.54, 1.807) is 17.6 Å². The van der Waals surface area contributed by atoms with Crippen LogP contribution < -0.4 is 15.6 Å². The minimum Gasteiger partial charge on any atom is -0.496 e. The van der Waals surface area contributed by atoms with E-state index < -0.39 is 0 Å². The van der Waals surface area contributed by atoms with Crippen molar-refractivity contribution in [3.8, 4) is 17.0 Å². The minimum atomic E-state index is -0.0518. The highest BCUT2D eigenvalue weighted by atomic mass is 16.5. The molecule has 0 saturated carbocycles. The number of benzene rings is 1. The van der Waals surface area contributed by atoms with E-state index in [9.17, 15) is 4.79 Å². The standard InChI is InChI=1S/C21H23N3O2.H2/c1-14-10-15(5-7-19(14)26-2)18-11-21(25)24-13-17(6-8-20(24)23-18)16-4-3-9-22-12-16;/h5-8,10-11,13,16,22H,3-4,9,12H2,1-2H3;1H. The first kappa shape index (κ1) is 16.8. The average molecular weight is 351 g/mol. The normalized spacial score (nSPS) is 17.4. The Hall–Kier alpha value is -2.66. The highest BCUT2D eigenvalue weighted by molar-refractivity contribution is 5.64. The van der Waals surface area contributed by atoms with Gasteiger partial charge >= 0.3 is 0 Å². The molecular formula is C21H25N3O2. The third-order valence-corrected chi connectivity index (χ3v) is 5.14. The number of fused-ring (bicyclic) bond motifs is 1. The van der Waals surface area contributed by atoms with E-state index >= 15 is 0 Å². The third-order valence-electron chi connectivity index (χ3n) is 5.14. The van der Waals surface area contributed by atoms with E-state index in [4.69, 9.17) is 9.72 Å². The van der Waals surface area contributed by atoms with Gasteiger partial charge in [-0.3, -0.25) is 9.20 Å². The molecule has 1 N–H and O–H groups in total. The van der Waals surface area contributed by atoms with Gasteiger partial charge in [-0.2, -0.15) is 0 Å². The lowest BCUT2D eigenvalue weighted by Gasteiger charge is -2.23. The van der Waals surface area contributed by atoms with Crippen LogP contribution in [0.2, 0.25) is 0 Å². The molecule has 1 aliphatic heterocycles. The molecule has 0 amide bonds. The molecule has 0 aliphatic carbocycles. The monoisotopic (exact) mass is 351 g/mol. The van der Waals surface area contributed by atoms with Crippen LogP contribution in [0.15, 0.2) is 47.4 Å². The number of nitrogens with zero attached hydrogens (tertiary/aromatic N) is 2. The van der Waals surface area contributed by atoms with E-state index in [0.717, 1.165) is 36.4 Å². The molecule has 1 aliphatic rings. The van der Waals surface area contributed by atoms with Gasteiger partial charge in [-0.05, 0) is 67.6 Å². The number of aryl methyl sites for hydroxylation is 1. The van der Waals surface area contributed by atoms with Crippen LogP contribution in [0.4, 0.5) is 0 Å². The number of pyridine rings is 1. The first-order valence-electron chi connectivity index (χ1n) is 9.05. The summed E-state index contributed by atoms with van der Waals surface area (Å²) in [5.74, 6) is 1.29. The summed E-state index contributed by atoms with van der Waals surface area (Å²) in [5.41, 5.74) is 4.45. The third kappa shape index (κ3) is 3.10. The molecule has 2 aromatic heterocycles. The summed E-state index contributed by atoms with van der Waals surface area (Å²) in [7, 11) is 1.65. The van der Waals surface area contributed by atoms with Gasteiger partial charge in [0.05, 0.1) is 12.8 Å². The molecule has 1 aromatic carbocycles. The van der Waals surface area contributed by atoms with Crippen molar-refractivity contribution < 1.29 is 6.16 Å². The summed E-state index contributed by atoms with van der Waals surface area (Å²) in [5, 5.41) is 3.43. The Bertz CT molecular complexity index is 1010. The predicted octanol–water partition coefficient (Wildman–Crippen LogP) is 3.39. The summed E-state index contributed by atoms with van der Waals surface area (Å²) in [6, 6.07) is 11.5. The molecule has 1 saturated heterocycles. The Morgan fingerprint density at radius 3 is 2.88 bits per heavy atom. The number of methoxy groups -OCH3 is 1. The minimum absolute atomic E-state index is 0. The van der Waals surface area contributed by atoms with Gasteiger partial charge in [0, 0.05) is 25.8 Å². The number of hydrogen-bond acceptors (Lipinski definition) is 4. The SMILES string of the molecule is COc1ccc(-c2cc(=O)n3cc(C4CCCNC4)ccc3n2)cc1C.[HH]. The molecule has 1 fully saturated rings. The second-order valence-corrected chi connectivity index (χ2v) is 6.90. The van der Waals surface area contributed by atoms with Crippen LogP contribution >= 0.6 is 0 Å². The van der Waals surface area contributed by atoms with Crippen LogP contribution in [-0.4, -0.2) is 29.6 Å². The number of nitrogens with one attached hydrogen (secondary N) is 1. The first-order chi connectivity index (χ1) is 12.7. The molecule has 136 valence electrons. The molecule has 0 bridgehead atoms. The van der Waals surface area contributed by atoms with Crippen LogP contribution in [0.25, 0.3) is 16.9 Å². The van der Waals surface area contributed by atoms with Crippen LogP contribution in [0.1, 0.15) is 31.3 Å². The van der Waals surface area contributed by atoms with Crippen molar-refractivity contribution >= 4 is 5.65 Å². The van der Waals surface area contributed by atoms with Crippen LogP contribution in [-0.2, 0) is 0 Å². The van der Waals surface area contributed by atoms with Gasteiger partial charge in [0.2, 0.25) is 0 Å². The van der Waals surface area contributed by atoms with E-state index in [0.29, 0.717) is 17.3 Å². The lowest BCUT2D eigenvalue weighted by molar-refractivity contribution is 0.412. The molecule has 1 unspecified atom stereocenters. The van der Waals surface area contributed by atoms with Crippen LogP contribution in [0, 0.1) is 6.92 Å². The molecule has 3 heterocycles. The van der Waals surface area contributed by atoms with Crippen molar-refractivity contribution in [2.75, 3.05) is 20.2 Å². The molecule has 4 rings (SSSR count). The number of hydrogen-bond donors (Lipinski definition) is 1. The maximum atomic E-state index is 12.7. The Kier molecular flexibility index (Phi) is 4.47. The van der Waals surface area contributed by atoms with Gasteiger partial charge in [0.25, 0.3) is 5.56 Å². The zero-order chi connectivity index (χ0) is 18.1. The lowest BCUT2D eigenvalue weighted by Crippen LogP contribution is -2.28. The highest BCUT2D eigenvalue weighted by Crippen LogP contribution is 2.26. The van der Waals surface area contributed by atoms with Gasteiger partial charge < -0.3 is 10.1 Å². The largest absolute Gasteiger partial charge is 0.496 e. The number of ether oxygens (including phenoxy) is 1. The molecule has 3 aromatic rings. The predicted molar refractivity (Wildman–Crippen MR) is 105 cm³/mol. The second kappa shape index (κ2) is 6.92. The molecule has 1 atom stereocenters. The number of rotatable bonds is 3. The van der Waals surface area contributed by atoms with Gasteiger partial charge in [0.1, 0.15) is 11.4 Å². The molecule has 5 nitrogen and oxygen atoms in total. The molecule has 0 spiro atoms. The molecular weight excluding hydrogens is 326 g/mol. The number of aromatic nitrogens is 2. The van der Waals surface area contributed by atoms with Crippen molar-refractivity contribution in [1.82, 2.24) is 14.7 Å². The highest BCUT2D eigenvalue weighted by Gasteiger charge is 2.16. The van der Waals surface area contributed by atoms with Gasteiger partial charge in [-0.15, -0.1) is 0 Å². The zero-order valence-corrected chi connectivity index (χ0v) is 15.2. The number of piperidine rings is 1. The maximum Gasteiger partial charge on any atom is 0.258 e. The van der Waals surface area contributed by atoms with Crippen molar-refractivity contribution in [2.45, 2.75) is 25.7 Å². The summed E-state index contributed by atoms with van der Waals surface area (Å²) in [6.45, 7) is 4.04. The fraction of sp³-hybridized carbons (Fsp3) is 0.333. The van der Waals surface area contributed by atoms with E-state index in [1.807, 2.05) is 37.4 Å². The smallest absolute Gasteiger partial charge is 0.258 e. The quantitative estimate of drug-likeness (QED) is 0.786. The Morgan fingerprint density at radius 2 is 2.15 bits per heavy atom. The van der Waals surface area contributed by atoms with E-state index in [1.165, 1.54) is 12.0 Å². The topological polar surface area (TPSA) is 55.6 Å². The summed E-state index contributed by atoms with van der Waals surface area (Å²) >= 11 is 0. The fourth-order valence-electron chi connectivity index (χ4n) is 3.68. The van der Waals surface area contributed by atoms with Gasteiger partial charge in [0.15, 0.2) is 0 Å². The Morgan fingerprint density at radius 1 is 1.27 bits per heavy atom. The second-order valence-electron chi connectivity index (χ2n) is 6.90. The van der Waals surface area contributed by atoms with Crippen molar-refractivity contribution in [2.24, 2.45) is 0 Å². The molecule has 5 heteroatoms. The van der Waals surface area contributed by atoms with E-state index in [-0.39, 0.29) is 6.99 Å². The van der Waals surface area contributed by atoms with Crippen molar-refractivity contribution in [3.05, 3.63) is 64.1 Å². The Balaban J connectivity index is 0.00000210. The molecule has 26 heavy (non-hydrogen) atoms. The van der Waals surface area contributed by atoms with Gasteiger partial charge in [-0.25, -0.2) is 4.98 Å². The zero-order valence-electron chi connectivity index (χ0n) is 15.2. The maximum absolute atomic E-state index is 12.7. The Labute approximate surface area is 154 Å². The summed E-state index contributed by atoms with van der Waals surface area (Å²) in [6.07, 6.45) is 4.28. The van der Waals surface area contributed by atoms with E-state index in [2.05, 4.69) is 11.4 Å². The fourth-order valence-corrected chi connectivity index (χ4v) is 3.68. The summed E-state index contributed by atoms with van der Waals surface area (Å²) in [4.78, 5) is 17.4. The van der Waals surface area contributed by atoms with Crippen LogP contribution in [0.3, 0.4) is 0 Å². The summed E-state index contributed by atoms with van der Waals surface area (Å²) < 4.78 is 6.97. The van der Waals surface area contributed by atoms with Gasteiger partial charge in [-0.1, -0.05) is 6.07 Å². The lowest BCUT2D eigenvalue weighted by atomic mass is 9.93. The molecule has 0 radical (unpaired) electrons. The first-order valence-corrected chi connectivity index (χ1v) is 9.05. The average Bonchev–Trinajstić information content (AvgIpc) is 2.68.